The van der Waals surface area contributed by atoms with Crippen molar-refractivity contribution in [3.8, 4) is 5.75 Å². The molecular weight excluding hydrogens is 266 g/mol. The van der Waals surface area contributed by atoms with Gasteiger partial charge >= 0.3 is 0 Å². The molecule has 7 heteroatoms. The number of hydrogen-bond acceptors (Lipinski definition) is 6. The van der Waals surface area contributed by atoms with Crippen LogP contribution in [0.15, 0.2) is 41.0 Å². The highest BCUT2D eigenvalue weighted by Crippen LogP contribution is 2.12. The molecule has 0 atom stereocenters. The summed E-state index contributed by atoms with van der Waals surface area (Å²) in [5.74, 6) is -0.244. The third-order valence-corrected chi connectivity index (χ3v) is 2.77. The predicted octanol–water partition coefficient (Wildman–Crippen LogP) is 1.84. The lowest BCUT2D eigenvalue weighted by Crippen LogP contribution is -2.16. The third-order valence-electron chi connectivity index (χ3n) is 2.08. The molecule has 0 unspecified atom stereocenters. The summed E-state index contributed by atoms with van der Waals surface area (Å²) >= 11 is 1.32. The van der Waals surface area contributed by atoms with E-state index in [0.29, 0.717) is 10.7 Å². The van der Waals surface area contributed by atoms with Crippen LogP contribution in [0.25, 0.3) is 0 Å². The Morgan fingerprint density at radius 1 is 1.53 bits per heavy atom. The largest absolute Gasteiger partial charge is 0.507 e. The molecule has 2 aromatic rings. The molecule has 1 amide bonds. The van der Waals surface area contributed by atoms with Crippen molar-refractivity contribution in [3.63, 3.8) is 0 Å². The number of nitrogens with one attached hydrogen (secondary N) is 1. The average molecular weight is 277 g/mol. The number of aromatic hydroxyl groups is 1. The minimum Gasteiger partial charge on any atom is -0.507 e. The summed E-state index contributed by atoms with van der Waals surface area (Å²) in [5.41, 5.74) is 0.517. The molecule has 98 valence electrons. The standard InChI is InChI=1S/C12H11N3O3S/c16-10-4-2-1-3-9(10)7-14-18-8-11(17)15-12-13-5-6-19-12/h1-7,16H,8H2,(H,13,15,17)/b14-7-. The zero-order valence-corrected chi connectivity index (χ0v) is 10.6. The summed E-state index contributed by atoms with van der Waals surface area (Å²) in [6.45, 7) is -0.219. The minimum atomic E-state index is -0.343. The fraction of sp³-hybridized carbons (Fsp3) is 0.0833. The Morgan fingerprint density at radius 2 is 2.37 bits per heavy atom. The highest BCUT2D eigenvalue weighted by atomic mass is 32.1. The monoisotopic (exact) mass is 277 g/mol. The molecule has 0 radical (unpaired) electrons. The Balaban J connectivity index is 1.77. The van der Waals surface area contributed by atoms with E-state index in [9.17, 15) is 9.90 Å². The molecule has 0 aliphatic carbocycles. The minimum absolute atomic E-state index is 0.0992. The maximum absolute atomic E-state index is 11.4. The summed E-state index contributed by atoms with van der Waals surface area (Å²) in [6, 6.07) is 6.68. The number of oxime groups is 1. The lowest BCUT2D eigenvalue weighted by atomic mass is 10.2. The van der Waals surface area contributed by atoms with Gasteiger partial charge in [-0.05, 0) is 12.1 Å². The molecule has 6 nitrogen and oxygen atoms in total. The number of rotatable bonds is 5. The van der Waals surface area contributed by atoms with E-state index >= 15 is 0 Å². The first-order valence-electron chi connectivity index (χ1n) is 5.38. The van der Waals surface area contributed by atoms with Crippen molar-refractivity contribution in [3.05, 3.63) is 41.4 Å². The highest BCUT2D eigenvalue weighted by molar-refractivity contribution is 7.13. The number of aromatic nitrogens is 1. The smallest absolute Gasteiger partial charge is 0.266 e. The number of para-hydroxylation sites is 1. The molecular formula is C12H11N3O3S. The highest BCUT2D eigenvalue weighted by Gasteiger charge is 2.03. The van der Waals surface area contributed by atoms with Crippen molar-refractivity contribution in [1.82, 2.24) is 4.98 Å². The quantitative estimate of drug-likeness (QED) is 0.645. The SMILES string of the molecule is O=C(CO/N=C\c1ccccc1O)Nc1nccs1. The van der Waals surface area contributed by atoms with Crippen LogP contribution in [0.1, 0.15) is 5.56 Å². The number of nitrogens with zero attached hydrogens (tertiary/aromatic N) is 2. The number of thiazole rings is 1. The Bertz CT molecular complexity index is 569. The van der Waals surface area contributed by atoms with E-state index in [1.165, 1.54) is 23.6 Å². The van der Waals surface area contributed by atoms with Gasteiger partial charge in [0.1, 0.15) is 5.75 Å². The van der Waals surface area contributed by atoms with Crippen LogP contribution in [-0.2, 0) is 9.63 Å². The Hall–Kier alpha value is -2.41. The number of benzene rings is 1. The van der Waals surface area contributed by atoms with E-state index in [1.54, 1.807) is 29.8 Å². The van der Waals surface area contributed by atoms with Crippen molar-refractivity contribution >= 4 is 28.6 Å². The van der Waals surface area contributed by atoms with Crippen LogP contribution >= 0.6 is 11.3 Å². The fourth-order valence-corrected chi connectivity index (χ4v) is 1.77. The van der Waals surface area contributed by atoms with Crippen molar-refractivity contribution in [1.29, 1.82) is 0 Å². The van der Waals surface area contributed by atoms with E-state index < -0.39 is 0 Å². The first-order valence-corrected chi connectivity index (χ1v) is 6.26. The topological polar surface area (TPSA) is 83.8 Å². The van der Waals surface area contributed by atoms with Gasteiger partial charge in [-0.2, -0.15) is 0 Å². The molecule has 0 fully saturated rings. The maximum atomic E-state index is 11.4. The van der Waals surface area contributed by atoms with Crippen LogP contribution in [0.3, 0.4) is 0 Å². The van der Waals surface area contributed by atoms with Crippen molar-refractivity contribution in [2.24, 2.45) is 5.16 Å². The molecule has 0 aliphatic heterocycles. The molecule has 1 aromatic heterocycles. The number of anilines is 1. The summed E-state index contributed by atoms with van der Waals surface area (Å²) in [7, 11) is 0. The van der Waals surface area contributed by atoms with Gasteiger partial charge in [0.2, 0.25) is 0 Å². The number of phenolic OH excluding ortho intramolecular Hbond substituents is 1. The van der Waals surface area contributed by atoms with E-state index in [-0.39, 0.29) is 18.3 Å². The van der Waals surface area contributed by atoms with Crippen LogP contribution in [0, 0.1) is 0 Å². The summed E-state index contributed by atoms with van der Waals surface area (Å²) in [5, 5.41) is 17.9. The molecule has 2 N–H and O–H groups in total. The van der Waals surface area contributed by atoms with Gasteiger partial charge in [0.25, 0.3) is 5.91 Å². The summed E-state index contributed by atoms with van der Waals surface area (Å²) < 4.78 is 0. The van der Waals surface area contributed by atoms with Crippen molar-refractivity contribution in [2.45, 2.75) is 0 Å². The number of carbonyl (C=O) groups excluding carboxylic acids is 1. The molecule has 0 aliphatic rings. The molecule has 0 bridgehead atoms. The molecule has 2 rings (SSSR count). The maximum Gasteiger partial charge on any atom is 0.266 e. The van der Waals surface area contributed by atoms with Gasteiger partial charge < -0.3 is 9.94 Å². The van der Waals surface area contributed by atoms with Gasteiger partial charge in [0.15, 0.2) is 11.7 Å². The second-order valence-electron chi connectivity index (χ2n) is 3.45. The zero-order valence-electron chi connectivity index (χ0n) is 9.81. The number of hydrogen-bond donors (Lipinski definition) is 2. The molecule has 0 saturated heterocycles. The van der Waals surface area contributed by atoms with Gasteiger partial charge in [0, 0.05) is 17.1 Å². The second-order valence-corrected chi connectivity index (χ2v) is 4.35. The Labute approximate surface area is 113 Å². The Kier molecular flexibility index (Phi) is 4.46. The third kappa shape index (κ3) is 4.07. The molecule has 0 spiro atoms. The number of phenols is 1. The Morgan fingerprint density at radius 3 is 3.11 bits per heavy atom. The zero-order chi connectivity index (χ0) is 13.5. The first kappa shape index (κ1) is 13.0. The van der Waals surface area contributed by atoms with E-state index in [0.717, 1.165) is 0 Å². The fourth-order valence-electron chi connectivity index (χ4n) is 1.23. The van der Waals surface area contributed by atoms with Gasteiger partial charge in [0.05, 0.1) is 6.21 Å². The van der Waals surface area contributed by atoms with E-state index in [2.05, 4.69) is 15.5 Å². The molecule has 0 saturated carbocycles. The average Bonchev–Trinajstić information content (AvgIpc) is 2.89. The second kappa shape index (κ2) is 6.50. The lowest BCUT2D eigenvalue weighted by molar-refractivity contribution is -0.120. The van der Waals surface area contributed by atoms with Crippen molar-refractivity contribution in [2.75, 3.05) is 11.9 Å². The van der Waals surface area contributed by atoms with Gasteiger partial charge in [-0.3, -0.25) is 10.1 Å². The molecule has 19 heavy (non-hydrogen) atoms. The van der Waals surface area contributed by atoms with Crippen LogP contribution in [-0.4, -0.2) is 28.8 Å². The normalized spacial score (nSPS) is 10.5. The number of amides is 1. The van der Waals surface area contributed by atoms with E-state index in [1.807, 2.05) is 0 Å². The lowest BCUT2D eigenvalue weighted by Gasteiger charge is -2.00. The van der Waals surface area contributed by atoms with Gasteiger partial charge in [-0.25, -0.2) is 4.98 Å². The van der Waals surface area contributed by atoms with Gasteiger partial charge in [-0.15, -0.1) is 11.3 Å². The molecule has 1 heterocycles. The summed E-state index contributed by atoms with van der Waals surface area (Å²) in [4.78, 5) is 20.1. The van der Waals surface area contributed by atoms with E-state index in [4.69, 9.17) is 4.84 Å². The van der Waals surface area contributed by atoms with Crippen LogP contribution in [0.4, 0.5) is 5.13 Å². The first-order chi connectivity index (χ1) is 9.25. The predicted molar refractivity (Wildman–Crippen MR) is 72.4 cm³/mol. The van der Waals surface area contributed by atoms with Crippen LogP contribution in [0.5, 0.6) is 5.75 Å². The molecule has 1 aromatic carbocycles. The van der Waals surface area contributed by atoms with Crippen LogP contribution < -0.4 is 5.32 Å². The van der Waals surface area contributed by atoms with Crippen molar-refractivity contribution < 1.29 is 14.7 Å². The summed E-state index contributed by atoms with van der Waals surface area (Å²) in [6.07, 6.45) is 2.93. The van der Waals surface area contributed by atoms with Crippen LogP contribution in [0.2, 0.25) is 0 Å². The number of carbonyl (C=O) groups is 1. The van der Waals surface area contributed by atoms with Gasteiger partial charge in [-0.1, -0.05) is 17.3 Å².